The van der Waals surface area contributed by atoms with Gasteiger partial charge in [-0.05, 0) is 19.4 Å². The Morgan fingerprint density at radius 1 is 1.21 bits per heavy atom. The molecule has 1 atom stereocenters. The van der Waals surface area contributed by atoms with Gasteiger partial charge in [0.05, 0.1) is 12.3 Å². The summed E-state index contributed by atoms with van der Waals surface area (Å²) in [5.41, 5.74) is 0.520. The normalized spacial score (nSPS) is 17.0. The highest BCUT2D eigenvalue weighted by atomic mass is 127. The zero-order chi connectivity index (χ0) is 20.7. The van der Waals surface area contributed by atoms with Gasteiger partial charge in [0.25, 0.3) is 0 Å². The minimum atomic E-state index is -3.05. The van der Waals surface area contributed by atoms with Gasteiger partial charge in [-0.2, -0.15) is 0 Å². The maximum absolute atomic E-state index is 14.2. The van der Waals surface area contributed by atoms with Gasteiger partial charge in [-0.25, -0.2) is 17.2 Å². The monoisotopic (exact) mass is 544 g/mol. The molecule has 10 heteroatoms. The van der Waals surface area contributed by atoms with Gasteiger partial charge in [0.2, 0.25) is 0 Å². The summed E-state index contributed by atoms with van der Waals surface area (Å²) in [5.74, 6) is -0.359. The summed E-state index contributed by atoms with van der Waals surface area (Å²) < 4.78 is 50.1. The van der Waals surface area contributed by atoms with Crippen molar-refractivity contribution in [1.29, 1.82) is 0 Å². The Morgan fingerprint density at radius 3 is 2.38 bits per heavy atom. The molecular weight excluding hydrogens is 513 g/mol. The van der Waals surface area contributed by atoms with Crippen molar-refractivity contribution in [2.75, 3.05) is 51.3 Å². The summed E-state index contributed by atoms with van der Waals surface area (Å²) >= 11 is 0. The molecule has 1 aliphatic heterocycles. The lowest BCUT2D eigenvalue weighted by Gasteiger charge is -2.40. The summed E-state index contributed by atoms with van der Waals surface area (Å²) in [6, 6.07) is 3.66. The molecule has 166 valence electrons. The molecule has 1 saturated heterocycles. The summed E-state index contributed by atoms with van der Waals surface area (Å²) in [6.45, 7) is 7.70. The van der Waals surface area contributed by atoms with E-state index in [1.165, 1.54) is 18.4 Å². The smallest absolute Gasteiger partial charge is 0.194 e. The summed E-state index contributed by atoms with van der Waals surface area (Å²) in [4.78, 5) is 8.72. The minimum Gasteiger partial charge on any atom is -0.357 e. The van der Waals surface area contributed by atoms with Gasteiger partial charge in [0, 0.05) is 56.7 Å². The number of hydrogen-bond acceptors (Lipinski definition) is 4. The summed E-state index contributed by atoms with van der Waals surface area (Å²) in [7, 11) is -3.05. The Morgan fingerprint density at radius 2 is 1.86 bits per heavy atom. The van der Waals surface area contributed by atoms with Crippen LogP contribution in [0.2, 0.25) is 0 Å². The third kappa shape index (κ3) is 7.97. The van der Waals surface area contributed by atoms with Gasteiger partial charge in [0.15, 0.2) is 5.96 Å². The summed E-state index contributed by atoms with van der Waals surface area (Å²) in [5, 5.41) is 3.20. The predicted octanol–water partition coefficient (Wildman–Crippen LogP) is 2.66. The van der Waals surface area contributed by atoms with E-state index in [4.69, 9.17) is 0 Å². The average molecular weight is 544 g/mol. The first-order valence-electron chi connectivity index (χ1n) is 9.65. The molecule has 0 spiro atoms. The van der Waals surface area contributed by atoms with Crippen molar-refractivity contribution in [2.24, 2.45) is 4.99 Å². The van der Waals surface area contributed by atoms with Crippen LogP contribution in [0.15, 0.2) is 23.2 Å². The second-order valence-corrected chi connectivity index (χ2v) is 9.24. The molecule has 0 aliphatic carbocycles. The van der Waals surface area contributed by atoms with Crippen molar-refractivity contribution >= 4 is 39.8 Å². The summed E-state index contributed by atoms with van der Waals surface area (Å²) in [6.07, 6.45) is 1.93. The Hall–Kier alpha value is -1.01. The Kier molecular flexibility index (Phi) is 10.8. The Labute approximate surface area is 189 Å². The number of nitrogens with one attached hydrogen (secondary N) is 1. The van der Waals surface area contributed by atoms with Gasteiger partial charge in [-0.1, -0.05) is 13.0 Å². The van der Waals surface area contributed by atoms with Crippen LogP contribution < -0.4 is 5.32 Å². The van der Waals surface area contributed by atoms with Gasteiger partial charge < -0.3 is 10.2 Å². The SMILES string of the molecule is CCNC(=NCCS(C)(=O)=O)N1CCN(C(CC)c2ccc(F)cc2F)CC1.I. The first-order chi connectivity index (χ1) is 13.2. The molecule has 1 aromatic rings. The van der Waals surface area contributed by atoms with Crippen LogP contribution in [-0.4, -0.2) is 75.5 Å². The van der Waals surface area contributed by atoms with Crippen LogP contribution in [0, 0.1) is 11.6 Å². The molecule has 2 rings (SSSR count). The second kappa shape index (κ2) is 12.0. The number of aliphatic imine (C=N–C) groups is 1. The van der Waals surface area contributed by atoms with Gasteiger partial charge in [-0.15, -0.1) is 24.0 Å². The molecule has 6 nitrogen and oxygen atoms in total. The molecule has 1 aromatic carbocycles. The average Bonchev–Trinajstić information content (AvgIpc) is 2.63. The molecule has 1 N–H and O–H groups in total. The molecule has 0 saturated carbocycles. The van der Waals surface area contributed by atoms with Gasteiger partial charge in [-0.3, -0.25) is 9.89 Å². The molecule has 29 heavy (non-hydrogen) atoms. The van der Waals surface area contributed by atoms with Crippen LogP contribution in [0.1, 0.15) is 31.9 Å². The van der Waals surface area contributed by atoms with E-state index in [9.17, 15) is 17.2 Å². The highest BCUT2D eigenvalue weighted by Crippen LogP contribution is 2.28. The van der Waals surface area contributed by atoms with E-state index in [0.717, 1.165) is 12.5 Å². The van der Waals surface area contributed by atoms with Crippen molar-refractivity contribution < 1.29 is 17.2 Å². The second-order valence-electron chi connectivity index (χ2n) is 6.98. The van der Waals surface area contributed by atoms with Crippen LogP contribution in [0.25, 0.3) is 0 Å². The lowest BCUT2D eigenvalue weighted by molar-refractivity contribution is 0.124. The lowest BCUT2D eigenvalue weighted by atomic mass is 10.0. The zero-order valence-corrected chi connectivity index (χ0v) is 20.3. The quantitative estimate of drug-likeness (QED) is 0.325. The van der Waals surface area contributed by atoms with E-state index < -0.39 is 21.5 Å². The topological polar surface area (TPSA) is 65.0 Å². The van der Waals surface area contributed by atoms with Gasteiger partial charge >= 0.3 is 0 Å². The van der Waals surface area contributed by atoms with E-state index in [1.54, 1.807) is 0 Å². The maximum atomic E-state index is 14.2. The molecule has 0 bridgehead atoms. The zero-order valence-electron chi connectivity index (χ0n) is 17.2. The van der Waals surface area contributed by atoms with Crippen LogP contribution >= 0.6 is 24.0 Å². The van der Waals surface area contributed by atoms with E-state index in [1.807, 2.05) is 13.8 Å². The van der Waals surface area contributed by atoms with E-state index in [2.05, 4.69) is 20.1 Å². The molecule has 1 fully saturated rings. The number of piperazine rings is 1. The fraction of sp³-hybridized carbons (Fsp3) is 0.632. The number of sulfone groups is 1. The molecule has 0 aromatic heterocycles. The first-order valence-corrected chi connectivity index (χ1v) is 11.7. The van der Waals surface area contributed by atoms with Crippen LogP contribution in [0.3, 0.4) is 0 Å². The number of halogens is 3. The molecular formula is C19H31F2IN4O2S. The highest BCUT2D eigenvalue weighted by Gasteiger charge is 2.27. The van der Waals surface area contributed by atoms with Crippen LogP contribution in [0.4, 0.5) is 8.78 Å². The van der Waals surface area contributed by atoms with Crippen molar-refractivity contribution in [3.63, 3.8) is 0 Å². The maximum Gasteiger partial charge on any atom is 0.194 e. The number of nitrogens with zero attached hydrogens (tertiary/aromatic N) is 3. The van der Waals surface area contributed by atoms with E-state index in [-0.39, 0.29) is 42.3 Å². The number of hydrogen-bond donors (Lipinski definition) is 1. The van der Waals surface area contributed by atoms with E-state index in [0.29, 0.717) is 44.2 Å². The van der Waals surface area contributed by atoms with Crippen molar-refractivity contribution in [1.82, 2.24) is 15.1 Å². The van der Waals surface area contributed by atoms with Crippen molar-refractivity contribution in [3.8, 4) is 0 Å². The third-order valence-electron chi connectivity index (χ3n) is 4.82. The number of benzene rings is 1. The van der Waals surface area contributed by atoms with Crippen molar-refractivity contribution in [3.05, 3.63) is 35.4 Å². The largest absolute Gasteiger partial charge is 0.357 e. The third-order valence-corrected chi connectivity index (χ3v) is 5.75. The highest BCUT2D eigenvalue weighted by molar-refractivity contribution is 14.0. The van der Waals surface area contributed by atoms with Crippen LogP contribution in [0.5, 0.6) is 0 Å². The number of rotatable bonds is 7. The van der Waals surface area contributed by atoms with E-state index >= 15 is 0 Å². The molecule has 0 amide bonds. The molecule has 1 heterocycles. The lowest BCUT2D eigenvalue weighted by Crippen LogP contribution is -2.53. The Bertz CT molecular complexity index is 784. The molecule has 1 aliphatic rings. The number of guanidine groups is 1. The fourth-order valence-corrected chi connectivity index (χ4v) is 3.86. The Balaban J connectivity index is 0.00000420. The van der Waals surface area contributed by atoms with Crippen molar-refractivity contribution in [2.45, 2.75) is 26.3 Å². The fourth-order valence-electron chi connectivity index (χ4n) is 3.44. The standard InChI is InChI=1S/C19H30F2N4O2S.HI/c1-4-18(16-7-6-15(20)14-17(16)21)24-9-11-25(12-10-24)19(22-5-2)23-8-13-28(3,26)27;/h6-7,14,18H,4-5,8-13H2,1-3H3,(H,22,23);1H. The van der Waals surface area contributed by atoms with Crippen LogP contribution in [-0.2, 0) is 9.84 Å². The predicted molar refractivity (Wildman–Crippen MR) is 124 cm³/mol. The molecule has 0 radical (unpaired) electrons. The first kappa shape index (κ1) is 26.0. The molecule has 1 unspecified atom stereocenters. The van der Waals surface area contributed by atoms with Gasteiger partial charge in [0.1, 0.15) is 21.5 Å². The minimum absolute atomic E-state index is 0.